The average molecular weight is 212 g/mol. The van der Waals surface area contributed by atoms with Crippen molar-refractivity contribution < 1.29 is 0 Å². The lowest BCUT2D eigenvalue weighted by atomic mass is 9.93. The van der Waals surface area contributed by atoms with E-state index in [-0.39, 0.29) is 11.0 Å². The zero-order chi connectivity index (χ0) is 9.90. The van der Waals surface area contributed by atoms with Crippen LogP contribution in [-0.2, 0) is 4.87 Å². The maximum absolute atomic E-state index is 6.40. The zero-order valence-corrected chi connectivity index (χ0v) is 9.64. The first-order valence-electron chi connectivity index (χ1n) is 4.44. The molecule has 1 aromatic rings. The molecule has 2 heteroatoms. The molecule has 1 unspecified atom stereocenters. The summed E-state index contributed by atoms with van der Waals surface area (Å²) in [6, 6.07) is 8.21. The third kappa shape index (κ3) is 2.86. The normalized spacial score (nSPS) is 13.9. The molecule has 0 saturated carbocycles. The van der Waals surface area contributed by atoms with Crippen LogP contribution < -0.4 is 6.15 Å². The van der Waals surface area contributed by atoms with Crippen LogP contribution in [0.5, 0.6) is 0 Å². The Hall–Kier alpha value is -0.790. The Morgan fingerprint density at radius 3 is 2.50 bits per heavy atom. The van der Waals surface area contributed by atoms with Crippen molar-refractivity contribution in [3.05, 3.63) is 48.0 Å². The zero-order valence-electron chi connectivity index (χ0n) is 8.89. The van der Waals surface area contributed by atoms with Crippen molar-refractivity contribution in [3.8, 4) is 0 Å². The molecule has 0 aromatic heterocycles. The lowest BCUT2D eigenvalue weighted by Gasteiger charge is -2.22. The molecule has 0 radical (unpaired) electrons. The highest BCUT2D eigenvalue weighted by Crippen LogP contribution is 2.34. The molecule has 0 saturated heterocycles. The van der Waals surface area contributed by atoms with Crippen molar-refractivity contribution >= 4 is 11.6 Å². The van der Waals surface area contributed by atoms with Crippen molar-refractivity contribution in [1.82, 2.24) is 6.15 Å². The Balaban J connectivity index is 0.00000169. The second-order valence-corrected chi connectivity index (χ2v) is 4.34. The van der Waals surface area contributed by atoms with E-state index in [0.717, 1.165) is 6.42 Å². The second-order valence-electron chi connectivity index (χ2n) is 3.51. The summed E-state index contributed by atoms with van der Waals surface area (Å²) in [5.41, 5.74) is 2.43. The van der Waals surface area contributed by atoms with Gasteiger partial charge < -0.3 is 6.15 Å². The first kappa shape index (κ1) is 13.2. The number of hydrogen-bond donors (Lipinski definition) is 1. The molecule has 0 aliphatic rings. The van der Waals surface area contributed by atoms with Gasteiger partial charge in [-0.05, 0) is 31.4 Å². The fourth-order valence-electron chi connectivity index (χ4n) is 1.54. The van der Waals surface area contributed by atoms with Crippen LogP contribution in [0.1, 0.15) is 24.5 Å². The van der Waals surface area contributed by atoms with Gasteiger partial charge in [-0.15, -0.1) is 18.2 Å². The van der Waals surface area contributed by atoms with Gasteiger partial charge in [-0.2, -0.15) is 0 Å². The van der Waals surface area contributed by atoms with Crippen LogP contribution in [0.3, 0.4) is 0 Å². The fraction of sp³-hybridized carbons (Fsp3) is 0.333. The minimum absolute atomic E-state index is 0. The molecular formula is C12H18ClN. The van der Waals surface area contributed by atoms with Gasteiger partial charge in [0, 0.05) is 0 Å². The summed E-state index contributed by atoms with van der Waals surface area (Å²) in [7, 11) is 0. The van der Waals surface area contributed by atoms with E-state index in [1.165, 1.54) is 11.1 Å². The first-order valence-corrected chi connectivity index (χ1v) is 4.81. The van der Waals surface area contributed by atoms with Crippen molar-refractivity contribution in [2.45, 2.75) is 25.1 Å². The number of benzene rings is 1. The van der Waals surface area contributed by atoms with Gasteiger partial charge in [0.05, 0.1) is 4.87 Å². The van der Waals surface area contributed by atoms with Crippen LogP contribution in [0.4, 0.5) is 0 Å². The molecular weight excluding hydrogens is 194 g/mol. The van der Waals surface area contributed by atoms with E-state index in [1.54, 1.807) is 0 Å². The summed E-state index contributed by atoms with van der Waals surface area (Å²) in [6.07, 6.45) is 2.65. The Bertz CT molecular complexity index is 305. The lowest BCUT2D eigenvalue weighted by molar-refractivity contribution is 0.686. The number of allylic oxidation sites excluding steroid dienone is 1. The molecule has 1 nitrogen and oxygen atoms in total. The minimum atomic E-state index is -0.312. The Morgan fingerprint density at radius 2 is 2.00 bits per heavy atom. The van der Waals surface area contributed by atoms with Gasteiger partial charge in [0.25, 0.3) is 0 Å². The van der Waals surface area contributed by atoms with Crippen LogP contribution in [0, 0.1) is 6.92 Å². The molecule has 0 heterocycles. The molecule has 1 atom stereocenters. The van der Waals surface area contributed by atoms with E-state index in [1.807, 2.05) is 25.1 Å². The van der Waals surface area contributed by atoms with E-state index in [0.29, 0.717) is 0 Å². The Kier molecular flexibility index (Phi) is 4.89. The third-order valence-electron chi connectivity index (χ3n) is 2.23. The van der Waals surface area contributed by atoms with Gasteiger partial charge in [0.1, 0.15) is 0 Å². The summed E-state index contributed by atoms with van der Waals surface area (Å²) >= 11 is 6.40. The second kappa shape index (κ2) is 5.18. The van der Waals surface area contributed by atoms with Gasteiger partial charge >= 0.3 is 0 Å². The van der Waals surface area contributed by atoms with Crippen molar-refractivity contribution in [2.24, 2.45) is 0 Å². The molecule has 0 amide bonds. The molecule has 0 bridgehead atoms. The number of hydrogen-bond acceptors (Lipinski definition) is 1. The number of aryl methyl sites for hydroxylation is 1. The smallest absolute Gasteiger partial charge is 0.0703 e. The molecule has 0 aliphatic heterocycles. The maximum atomic E-state index is 6.40. The minimum Gasteiger partial charge on any atom is -0.344 e. The summed E-state index contributed by atoms with van der Waals surface area (Å²) in [5.74, 6) is 0. The third-order valence-corrected chi connectivity index (χ3v) is 2.59. The predicted molar refractivity (Wildman–Crippen MR) is 64.2 cm³/mol. The number of halogens is 1. The summed E-state index contributed by atoms with van der Waals surface area (Å²) in [4.78, 5) is -0.312. The van der Waals surface area contributed by atoms with Crippen LogP contribution in [0.2, 0.25) is 0 Å². The Labute approximate surface area is 91.4 Å². The molecule has 3 N–H and O–H groups in total. The molecule has 0 fully saturated rings. The van der Waals surface area contributed by atoms with Gasteiger partial charge in [-0.25, -0.2) is 0 Å². The molecule has 1 rings (SSSR count). The summed E-state index contributed by atoms with van der Waals surface area (Å²) < 4.78 is 0. The molecule has 0 aliphatic carbocycles. The quantitative estimate of drug-likeness (QED) is 0.591. The molecule has 14 heavy (non-hydrogen) atoms. The number of rotatable bonds is 3. The summed E-state index contributed by atoms with van der Waals surface area (Å²) in [5, 5.41) is 0. The molecule has 0 spiro atoms. The van der Waals surface area contributed by atoms with Gasteiger partial charge in [-0.3, -0.25) is 0 Å². The van der Waals surface area contributed by atoms with E-state index in [4.69, 9.17) is 11.6 Å². The standard InChI is InChI=1S/C12H15Cl.H3N/c1-4-9-12(3,13)11-8-6-5-7-10(11)2;/h4-8H,1,9H2,2-3H3;1H3. The SMILES string of the molecule is C=CCC(C)(Cl)c1ccccc1C.N. The van der Waals surface area contributed by atoms with Gasteiger partial charge in [0.2, 0.25) is 0 Å². The Morgan fingerprint density at radius 1 is 1.43 bits per heavy atom. The van der Waals surface area contributed by atoms with E-state index in [2.05, 4.69) is 25.6 Å². The largest absolute Gasteiger partial charge is 0.344 e. The maximum Gasteiger partial charge on any atom is 0.0703 e. The van der Waals surface area contributed by atoms with Crippen LogP contribution in [-0.4, -0.2) is 0 Å². The predicted octanol–water partition coefficient (Wildman–Crippen LogP) is 4.19. The van der Waals surface area contributed by atoms with Gasteiger partial charge in [0.15, 0.2) is 0 Å². The van der Waals surface area contributed by atoms with E-state index in [9.17, 15) is 0 Å². The molecule has 78 valence electrons. The topological polar surface area (TPSA) is 35.0 Å². The highest BCUT2D eigenvalue weighted by molar-refractivity contribution is 6.24. The van der Waals surface area contributed by atoms with E-state index >= 15 is 0 Å². The first-order chi connectivity index (χ1) is 6.08. The van der Waals surface area contributed by atoms with Crippen molar-refractivity contribution in [3.63, 3.8) is 0 Å². The monoisotopic (exact) mass is 211 g/mol. The van der Waals surface area contributed by atoms with E-state index < -0.39 is 0 Å². The highest BCUT2D eigenvalue weighted by atomic mass is 35.5. The van der Waals surface area contributed by atoms with Crippen molar-refractivity contribution in [2.75, 3.05) is 0 Å². The molecule has 1 aromatic carbocycles. The van der Waals surface area contributed by atoms with Crippen LogP contribution in [0.15, 0.2) is 36.9 Å². The average Bonchev–Trinajstić information content (AvgIpc) is 2.04. The van der Waals surface area contributed by atoms with Gasteiger partial charge in [-0.1, -0.05) is 30.3 Å². The number of alkyl halides is 1. The van der Waals surface area contributed by atoms with Crippen molar-refractivity contribution in [1.29, 1.82) is 0 Å². The lowest BCUT2D eigenvalue weighted by Crippen LogP contribution is -2.13. The van der Waals surface area contributed by atoms with Crippen LogP contribution >= 0.6 is 11.6 Å². The van der Waals surface area contributed by atoms with Crippen LogP contribution in [0.25, 0.3) is 0 Å². The summed E-state index contributed by atoms with van der Waals surface area (Å²) in [6.45, 7) is 7.83. The fourth-order valence-corrected chi connectivity index (χ4v) is 1.86. The highest BCUT2D eigenvalue weighted by Gasteiger charge is 2.22.